The highest BCUT2D eigenvalue weighted by atomic mass is 32.2. The van der Waals surface area contributed by atoms with E-state index in [0.29, 0.717) is 4.88 Å². The lowest BCUT2D eigenvalue weighted by atomic mass is 9.91. The number of carbonyl (C=O) groups is 2. The number of aromatic nitrogens is 1. The summed E-state index contributed by atoms with van der Waals surface area (Å²) in [5.74, 6) is -1.24. The molecule has 1 amide bonds. The standard InChI is InChI=1S/C19H23N3O5S2/c1-19(2,3)16-15(28-12-20-16)17(23)21-8-10-22(11-9-21)29(26,27)14-6-4-13(5-7-14)18(24)25/h4-7,12H,8-11H2,1-3H3,(H,24,25). The van der Waals surface area contributed by atoms with Crippen molar-refractivity contribution in [2.45, 2.75) is 31.1 Å². The van der Waals surface area contributed by atoms with Crippen LogP contribution in [0.1, 0.15) is 46.5 Å². The van der Waals surface area contributed by atoms with Crippen LogP contribution < -0.4 is 0 Å². The van der Waals surface area contributed by atoms with Crippen molar-refractivity contribution in [3.05, 3.63) is 45.9 Å². The van der Waals surface area contributed by atoms with Gasteiger partial charge in [-0.15, -0.1) is 11.3 Å². The molecule has 1 N–H and O–H groups in total. The molecule has 10 heteroatoms. The molecule has 1 saturated heterocycles. The van der Waals surface area contributed by atoms with Crippen LogP contribution in [0.5, 0.6) is 0 Å². The molecule has 3 rings (SSSR count). The first-order valence-corrected chi connectivity index (χ1v) is 11.4. The number of carbonyl (C=O) groups excluding carboxylic acids is 1. The van der Waals surface area contributed by atoms with Crippen molar-refractivity contribution in [2.24, 2.45) is 0 Å². The third-order valence-corrected chi connectivity index (χ3v) is 7.46. The fourth-order valence-corrected chi connectivity index (χ4v) is 5.51. The van der Waals surface area contributed by atoms with Crippen LogP contribution in [0.15, 0.2) is 34.7 Å². The SMILES string of the molecule is CC(C)(C)c1ncsc1C(=O)N1CCN(S(=O)(=O)c2ccc(C(=O)O)cc2)CC1. The van der Waals surface area contributed by atoms with Crippen LogP contribution in [0.4, 0.5) is 0 Å². The smallest absolute Gasteiger partial charge is 0.335 e. The summed E-state index contributed by atoms with van der Waals surface area (Å²) in [5, 5.41) is 8.96. The number of piperazine rings is 1. The number of thiazole rings is 1. The van der Waals surface area contributed by atoms with Gasteiger partial charge in [0.25, 0.3) is 5.91 Å². The minimum absolute atomic E-state index is 0.0265. The van der Waals surface area contributed by atoms with Crippen LogP contribution in [-0.4, -0.2) is 65.8 Å². The third kappa shape index (κ3) is 4.34. The molecule has 0 unspecified atom stereocenters. The van der Waals surface area contributed by atoms with Gasteiger partial charge in [0, 0.05) is 31.6 Å². The minimum Gasteiger partial charge on any atom is -0.478 e. The summed E-state index contributed by atoms with van der Waals surface area (Å²) in [6.45, 7) is 6.92. The van der Waals surface area contributed by atoms with Crippen LogP contribution in [0.2, 0.25) is 0 Å². The monoisotopic (exact) mass is 437 g/mol. The summed E-state index contributed by atoms with van der Waals surface area (Å²) in [7, 11) is -3.75. The maximum absolute atomic E-state index is 12.9. The molecule has 1 aliphatic rings. The third-order valence-electron chi connectivity index (χ3n) is 4.74. The number of hydrogen-bond acceptors (Lipinski definition) is 6. The maximum Gasteiger partial charge on any atom is 0.335 e. The Hall–Kier alpha value is -2.30. The molecular formula is C19H23N3O5S2. The highest BCUT2D eigenvalue weighted by Gasteiger charge is 2.33. The van der Waals surface area contributed by atoms with E-state index >= 15 is 0 Å². The van der Waals surface area contributed by atoms with Crippen LogP contribution in [0.25, 0.3) is 0 Å². The molecule has 1 aromatic heterocycles. The first kappa shape index (κ1) is 21.4. The first-order chi connectivity index (χ1) is 13.5. The number of carboxylic acid groups (broad SMARTS) is 1. The van der Waals surface area contributed by atoms with Crippen molar-refractivity contribution >= 4 is 33.2 Å². The Kier molecular flexibility index (Phi) is 5.79. The fourth-order valence-electron chi connectivity index (χ4n) is 3.13. The number of benzene rings is 1. The summed E-state index contributed by atoms with van der Waals surface area (Å²) in [6, 6.07) is 5.13. The summed E-state index contributed by atoms with van der Waals surface area (Å²) in [6.07, 6.45) is 0. The van der Waals surface area contributed by atoms with Gasteiger partial charge in [-0.3, -0.25) is 4.79 Å². The van der Waals surface area contributed by atoms with Gasteiger partial charge in [0.05, 0.1) is 21.7 Å². The van der Waals surface area contributed by atoms with E-state index in [1.54, 1.807) is 10.4 Å². The predicted molar refractivity (Wildman–Crippen MR) is 109 cm³/mol. The molecule has 8 nitrogen and oxygen atoms in total. The largest absolute Gasteiger partial charge is 0.478 e. The van der Waals surface area contributed by atoms with E-state index < -0.39 is 16.0 Å². The van der Waals surface area contributed by atoms with Crippen molar-refractivity contribution in [3.63, 3.8) is 0 Å². The van der Waals surface area contributed by atoms with Gasteiger partial charge >= 0.3 is 5.97 Å². The van der Waals surface area contributed by atoms with E-state index in [2.05, 4.69) is 4.98 Å². The van der Waals surface area contributed by atoms with Gasteiger partial charge in [0.1, 0.15) is 4.88 Å². The summed E-state index contributed by atoms with van der Waals surface area (Å²) in [5.41, 5.74) is 2.19. The molecule has 0 aliphatic carbocycles. The number of nitrogens with zero attached hydrogens (tertiary/aromatic N) is 3. The van der Waals surface area contributed by atoms with E-state index in [1.807, 2.05) is 20.8 Å². The van der Waals surface area contributed by atoms with Gasteiger partial charge in [0.2, 0.25) is 10.0 Å². The molecule has 156 valence electrons. The second kappa shape index (κ2) is 7.85. The Morgan fingerprint density at radius 2 is 1.66 bits per heavy atom. The molecule has 29 heavy (non-hydrogen) atoms. The zero-order valence-electron chi connectivity index (χ0n) is 16.5. The molecule has 2 aromatic rings. The molecule has 0 bridgehead atoms. The highest BCUT2D eigenvalue weighted by molar-refractivity contribution is 7.89. The molecule has 0 spiro atoms. The molecule has 0 saturated carbocycles. The van der Waals surface area contributed by atoms with Gasteiger partial charge in [-0.2, -0.15) is 4.31 Å². The summed E-state index contributed by atoms with van der Waals surface area (Å²) < 4.78 is 27.0. The number of sulfonamides is 1. The molecule has 0 radical (unpaired) electrons. The van der Waals surface area contributed by atoms with E-state index in [4.69, 9.17) is 5.11 Å². The Balaban J connectivity index is 1.71. The summed E-state index contributed by atoms with van der Waals surface area (Å²) in [4.78, 5) is 30.5. The van der Waals surface area contributed by atoms with Crippen molar-refractivity contribution in [1.29, 1.82) is 0 Å². The van der Waals surface area contributed by atoms with E-state index in [1.165, 1.54) is 39.9 Å². The van der Waals surface area contributed by atoms with Crippen LogP contribution in [0.3, 0.4) is 0 Å². The number of carboxylic acids is 1. The van der Waals surface area contributed by atoms with Crippen LogP contribution >= 0.6 is 11.3 Å². The molecule has 1 aliphatic heterocycles. The predicted octanol–water partition coefficient (Wildman–Crippen LogP) is 2.29. The van der Waals surface area contributed by atoms with E-state index in [0.717, 1.165) is 5.69 Å². The minimum atomic E-state index is -3.75. The number of hydrogen-bond donors (Lipinski definition) is 1. The maximum atomic E-state index is 12.9. The lowest BCUT2D eigenvalue weighted by molar-refractivity contribution is 0.0690. The molecular weight excluding hydrogens is 414 g/mol. The van der Waals surface area contributed by atoms with Gasteiger partial charge in [-0.25, -0.2) is 18.2 Å². The topological polar surface area (TPSA) is 108 Å². The van der Waals surface area contributed by atoms with Crippen molar-refractivity contribution in [2.75, 3.05) is 26.2 Å². The average molecular weight is 438 g/mol. The zero-order valence-corrected chi connectivity index (χ0v) is 18.1. The summed E-state index contributed by atoms with van der Waals surface area (Å²) >= 11 is 1.30. The van der Waals surface area contributed by atoms with Crippen LogP contribution in [-0.2, 0) is 15.4 Å². The highest BCUT2D eigenvalue weighted by Crippen LogP contribution is 2.28. The lowest BCUT2D eigenvalue weighted by Gasteiger charge is -2.34. The number of rotatable bonds is 4. The van der Waals surface area contributed by atoms with Crippen molar-refractivity contribution < 1.29 is 23.1 Å². The molecule has 1 aromatic carbocycles. The lowest BCUT2D eigenvalue weighted by Crippen LogP contribution is -2.50. The molecule has 2 heterocycles. The number of aromatic carboxylic acids is 1. The Labute approximate surface area is 173 Å². The van der Waals surface area contributed by atoms with Gasteiger partial charge in [0.15, 0.2) is 0 Å². The first-order valence-electron chi connectivity index (χ1n) is 9.08. The Bertz CT molecular complexity index is 1010. The van der Waals surface area contributed by atoms with Crippen LogP contribution in [0, 0.1) is 0 Å². The van der Waals surface area contributed by atoms with Crippen molar-refractivity contribution in [3.8, 4) is 0 Å². The van der Waals surface area contributed by atoms with E-state index in [9.17, 15) is 18.0 Å². The second-order valence-electron chi connectivity index (χ2n) is 7.81. The van der Waals surface area contributed by atoms with Crippen molar-refractivity contribution in [1.82, 2.24) is 14.2 Å². The van der Waals surface area contributed by atoms with Gasteiger partial charge < -0.3 is 10.0 Å². The molecule has 0 atom stereocenters. The zero-order chi connectivity index (χ0) is 21.4. The van der Waals surface area contributed by atoms with Gasteiger partial charge in [-0.05, 0) is 24.3 Å². The normalized spacial score (nSPS) is 16.0. The molecule has 1 fully saturated rings. The average Bonchev–Trinajstić information content (AvgIpc) is 3.18. The fraction of sp³-hybridized carbons (Fsp3) is 0.421. The van der Waals surface area contributed by atoms with E-state index in [-0.39, 0.29) is 48.0 Å². The quantitative estimate of drug-likeness (QED) is 0.786. The van der Waals surface area contributed by atoms with Gasteiger partial charge in [-0.1, -0.05) is 20.8 Å². The Morgan fingerprint density at radius 3 is 2.17 bits per heavy atom. The Morgan fingerprint density at radius 1 is 1.07 bits per heavy atom. The second-order valence-corrected chi connectivity index (χ2v) is 10.6. The number of amides is 1.